The molecule has 2 atom stereocenters. The van der Waals surface area contributed by atoms with E-state index >= 15 is 0 Å². The second kappa shape index (κ2) is 5.91. The molecular weight excluding hydrogens is 387 g/mol. The standard InChI is InChI=1S/C20H28F3N3OS/c1-18(2,3)26-15(8-16(24-26)20(21,22)23)17-13-6-12(7-14(13)17)25-5-4-19(9-25)10-28(27)11-19/h8,12-14,17H,4-7,9-11H2,1-3H3. The topological polar surface area (TPSA) is 44.1 Å². The van der Waals surface area contributed by atoms with E-state index in [0.717, 1.165) is 49.6 Å². The molecule has 5 rings (SSSR count). The molecule has 2 aliphatic carbocycles. The summed E-state index contributed by atoms with van der Waals surface area (Å²) >= 11 is -0.611. The first-order valence-corrected chi connectivity index (χ1v) is 11.7. The Bertz CT molecular complexity index is 769. The van der Waals surface area contributed by atoms with Crippen LogP contribution in [-0.2, 0) is 22.9 Å². The number of hydrogen-bond acceptors (Lipinski definition) is 3. The number of nitrogens with zero attached hydrogens (tertiary/aromatic N) is 3. The first-order chi connectivity index (χ1) is 13.0. The van der Waals surface area contributed by atoms with E-state index in [0.29, 0.717) is 23.3 Å². The number of aromatic nitrogens is 2. The van der Waals surface area contributed by atoms with Crippen LogP contribution in [0.15, 0.2) is 6.07 Å². The molecular formula is C20H28F3N3OS. The Kier molecular flexibility index (Phi) is 4.06. The summed E-state index contributed by atoms with van der Waals surface area (Å²) in [6.07, 6.45) is -1.10. The van der Waals surface area contributed by atoms with Crippen molar-refractivity contribution in [3.05, 3.63) is 17.5 Å². The van der Waals surface area contributed by atoms with Gasteiger partial charge in [0.05, 0.1) is 11.0 Å². The molecule has 0 N–H and O–H groups in total. The first kappa shape index (κ1) is 19.2. The predicted octanol–water partition coefficient (Wildman–Crippen LogP) is 3.60. The summed E-state index contributed by atoms with van der Waals surface area (Å²) in [5.74, 6) is 2.90. The Morgan fingerprint density at radius 2 is 1.82 bits per heavy atom. The van der Waals surface area contributed by atoms with Crippen LogP contribution in [0.4, 0.5) is 13.2 Å². The third kappa shape index (κ3) is 3.01. The van der Waals surface area contributed by atoms with Crippen LogP contribution in [0.3, 0.4) is 0 Å². The van der Waals surface area contributed by atoms with Crippen LogP contribution in [-0.4, -0.2) is 49.9 Å². The fourth-order valence-electron chi connectivity index (χ4n) is 6.02. The number of fused-ring (bicyclic) bond motifs is 1. The quantitative estimate of drug-likeness (QED) is 0.694. The number of likely N-dealkylation sites (tertiary alicyclic amines) is 1. The van der Waals surface area contributed by atoms with Gasteiger partial charge >= 0.3 is 6.18 Å². The molecule has 0 radical (unpaired) electrons. The van der Waals surface area contributed by atoms with E-state index in [1.54, 1.807) is 4.68 Å². The third-order valence-electron chi connectivity index (χ3n) is 7.34. The molecule has 1 aromatic rings. The molecule has 2 saturated carbocycles. The van der Waals surface area contributed by atoms with Crippen molar-refractivity contribution in [1.29, 1.82) is 0 Å². The summed E-state index contributed by atoms with van der Waals surface area (Å²) in [7, 11) is 0. The van der Waals surface area contributed by atoms with Gasteiger partial charge in [0.25, 0.3) is 0 Å². The maximum atomic E-state index is 13.2. The number of halogens is 3. The average Bonchev–Trinajstić information content (AvgIpc) is 3.01. The Hall–Kier alpha value is -0.730. The monoisotopic (exact) mass is 415 g/mol. The molecule has 4 aliphatic rings. The van der Waals surface area contributed by atoms with Crippen molar-refractivity contribution >= 4 is 11.2 Å². The van der Waals surface area contributed by atoms with Gasteiger partial charge in [-0.05, 0) is 64.5 Å². The zero-order valence-electron chi connectivity index (χ0n) is 16.6. The number of alkyl halides is 3. The summed E-state index contributed by atoms with van der Waals surface area (Å²) in [4.78, 5) is 2.57. The Morgan fingerprint density at radius 1 is 1.18 bits per heavy atom. The van der Waals surface area contributed by atoms with Crippen molar-refractivity contribution in [3.8, 4) is 0 Å². The van der Waals surface area contributed by atoms with Gasteiger partial charge in [-0.3, -0.25) is 9.58 Å². The van der Waals surface area contributed by atoms with Gasteiger partial charge in [-0.1, -0.05) is 11.2 Å². The van der Waals surface area contributed by atoms with Crippen LogP contribution < -0.4 is 0 Å². The molecule has 3 heterocycles. The normalized spacial score (nSPS) is 40.8. The van der Waals surface area contributed by atoms with Gasteiger partial charge in [0, 0.05) is 24.2 Å². The van der Waals surface area contributed by atoms with Crippen LogP contribution >= 0.6 is 0 Å². The van der Waals surface area contributed by atoms with Gasteiger partial charge in [-0.25, -0.2) is 0 Å². The minimum atomic E-state index is -4.40. The molecule has 0 aromatic carbocycles. The lowest BCUT2D eigenvalue weighted by Crippen LogP contribution is -2.50. The molecule has 2 unspecified atom stereocenters. The van der Waals surface area contributed by atoms with E-state index in [1.807, 2.05) is 20.8 Å². The summed E-state index contributed by atoms with van der Waals surface area (Å²) in [5.41, 5.74) is -0.168. The lowest BCUT2D eigenvalue weighted by atomic mass is 9.91. The molecule has 4 nitrogen and oxygen atoms in total. The molecule has 2 saturated heterocycles. The van der Waals surface area contributed by atoms with Crippen LogP contribution in [0.25, 0.3) is 0 Å². The zero-order chi connectivity index (χ0) is 20.1. The number of rotatable bonds is 2. The summed E-state index contributed by atoms with van der Waals surface area (Å²) in [6.45, 7) is 7.89. The summed E-state index contributed by atoms with van der Waals surface area (Å²) in [6, 6.07) is 1.84. The van der Waals surface area contributed by atoms with Gasteiger partial charge in [-0.15, -0.1) is 0 Å². The lowest BCUT2D eigenvalue weighted by molar-refractivity contribution is -0.141. The van der Waals surface area contributed by atoms with Crippen LogP contribution in [0.5, 0.6) is 0 Å². The largest absolute Gasteiger partial charge is 0.616 e. The van der Waals surface area contributed by atoms with E-state index in [4.69, 9.17) is 0 Å². The minimum absolute atomic E-state index is 0.215. The minimum Gasteiger partial charge on any atom is -0.616 e. The maximum absolute atomic E-state index is 13.2. The van der Waals surface area contributed by atoms with Crippen molar-refractivity contribution in [2.75, 3.05) is 24.6 Å². The van der Waals surface area contributed by atoms with Crippen molar-refractivity contribution in [2.45, 2.75) is 63.7 Å². The van der Waals surface area contributed by atoms with Gasteiger partial charge in [0.1, 0.15) is 11.5 Å². The SMILES string of the molecule is CC(C)(C)n1nc(C(F)(F)F)cc1C1C2CC(N3CCC4(C3)C[S+]([O-])C4)CC21. The van der Waals surface area contributed by atoms with Gasteiger partial charge in [0.2, 0.25) is 0 Å². The Balaban J connectivity index is 1.28. The molecule has 0 bridgehead atoms. The van der Waals surface area contributed by atoms with Crippen LogP contribution in [0.1, 0.15) is 57.3 Å². The molecule has 0 amide bonds. The fourth-order valence-corrected chi connectivity index (χ4v) is 7.77. The van der Waals surface area contributed by atoms with Crippen molar-refractivity contribution in [3.63, 3.8) is 0 Å². The average molecular weight is 416 g/mol. The highest BCUT2D eigenvalue weighted by Crippen LogP contribution is 2.65. The van der Waals surface area contributed by atoms with Crippen molar-refractivity contribution in [1.82, 2.24) is 14.7 Å². The molecule has 28 heavy (non-hydrogen) atoms. The van der Waals surface area contributed by atoms with Crippen molar-refractivity contribution < 1.29 is 17.7 Å². The molecule has 1 aromatic heterocycles. The second-order valence-corrected chi connectivity index (χ2v) is 11.9. The van der Waals surface area contributed by atoms with Gasteiger partial charge in [0.15, 0.2) is 5.69 Å². The third-order valence-corrected chi connectivity index (χ3v) is 9.21. The van der Waals surface area contributed by atoms with E-state index in [1.165, 1.54) is 6.07 Å². The summed E-state index contributed by atoms with van der Waals surface area (Å²) < 4.78 is 52.9. The fraction of sp³-hybridized carbons (Fsp3) is 0.850. The van der Waals surface area contributed by atoms with E-state index in [2.05, 4.69) is 10.00 Å². The second-order valence-electron chi connectivity index (χ2n) is 10.5. The summed E-state index contributed by atoms with van der Waals surface area (Å²) in [5, 5.41) is 3.93. The maximum Gasteiger partial charge on any atom is 0.435 e. The Labute approximate surface area is 167 Å². The highest BCUT2D eigenvalue weighted by molar-refractivity contribution is 7.92. The van der Waals surface area contributed by atoms with Crippen LogP contribution in [0, 0.1) is 17.3 Å². The first-order valence-electron chi connectivity index (χ1n) is 10.2. The highest BCUT2D eigenvalue weighted by Gasteiger charge is 2.61. The van der Waals surface area contributed by atoms with Gasteiger partial charge < -0.3 is 4.55 Å². The molecule has 156 valence electrons. The van der Waals surface area contributed by atoms with Crippen molar-refractivity contribution in [2.24, 2.45) is 17.3 Å². The molecule has 8 heteroatoms. The van der Waals surface area contributed by atoms with E-state index in [9.17, 15) is 17.7 Å². The molecule has 2 aliphatic heterocycles. The highest BCUT2D eigenvalue weighted by atomic mass is 32.2. The molecule has 1 spiro atoms. The van der Waals surface area contributed by atoms with Crippen LogP contribution in [0.2, 0.25) is 0 Å². The van der Waals surface area contributed by atoms with E-state index < -0.39 is 28.6 Å². The Morgan fingerprint density at radius 3 is 2.36 bits per heavy atom. The number of hydrogen-bond donors (Lipinski definition) is 0. The van der Waals surface area contributed by atoms with E-state index in [-0.39, 0.29) is 5.92 Å². The van der Waals surface area contributed by atoms with Gasteiger partial charge in [-0.2, -0.15) is 18.3 Å². The smallest absolute Gasteiger partial charge is 0.435 e. The zero-order valence-corrected chi connectivity index (χ0v) is 17.4. The molecule has 4 fully saturated rings. The lowest BCUT2D eigenvalue weighted by Gasteiger charge is -2.39. The predicted molar refractivity (Wildman–Crippen MR) is 101 cm³/mol.